The Hall–Kier alpha value is -1.14. The molecule has 0 heterocycles. The van der Waals surface area contributed by atoms with E-state index in [4.69, 9.17) is 4.74 Å². The number of ether oxygens (including phenoxy) is 1. The van der Waals surface area contributed by atoms with Crippen LogP contribution < -0.4 is 5.32 Å². The van der Waals surface area contributed by atoms with Crippen molar-refractivity contribution in [3.63, 3.8) is 0 Å². The second-order valence-corrected chi connectivity index (χ2v) is 21.1. The minimum Gasteiger partial charge on any atom is -0.466 e. The van der Waals surface area contributed by atoms with Crippen LogP contribution in [0, 0.1) is 0 Å². The Bertz CT molecular complexity index is 944. The second kappa shape index (κ2) is 56.4. The molecular weight excluding hydrogens is 815 g/mol. The first-order valence-electron chi connectivity index (χ1n) is 30.3. The monoisotopic (exact) mass is 934 g/mol. The molecule has 2 atom stereocenters. The molecule has 0 bridgehead atoms. The summed E-state index contributed by atoms with van der Waals surface area (Å²) in [5, 5.41) is 23.3. The molecule has 394 valence electrons. The summed E-state index contributed by atoms with van der Waals surface area (Å²) in [6, 6.07) is -0.541. The van der Waals surface area contributed by atoms with E-state index in [2.05, 4.69) is 19.2 Å². The third-order valence-corrected chi connectivity index (χ3v) is 14.4. The quantitative estimate of drug-likeness (QED) is 0.0417. The van der Waals surface area contributed by atoms with Crippen LogP contribution in [0.4, 0.5) is 0 Å². The van der Waals surface area contributed by atoms with Crippen molar-refractivity contribution in [1.82, 2.24) is 5.32 Å². The van der Waals surface area contributed by atoms with Crippen molar-refractivity contribution in [3.8, 4) is 0 Å². The van der Waals surface area contributed by atoms with Crippen molar-refractivity contribution in [2.75, 3.05) is 13.2 Å². The number of aliphatic hydroxyl groups is 2. The predicted octanol–water partition coefficient (Wildman–Crippen LogP) is 18.7. The Kier molecular flexibility index (Phi) is 55.5. The van der Waals surface area contributed by atoms with Gasteiger partial charge >= 0.3 is 5.97 Å². The molecule has 0 aliphatic rings. The first-order chi connectivity index (χ1) is 32.5. The Balaban J connectivity index is 3.38. The van der Waals surface area contributed by atoms with Gasteiger partial charge < -0.3 is 20.3 Å². The average molecular weight is 935 g/mol. The lowest BCUT2D eigenvalue weighted by Gasteiger charge is -2.22. The predicted molar refractivity (Wildman–Crippen MR) is 287 cm³/mol. The first-order valence-corrected chi connectivity index (χ1v) is 30.3. The Labute approximate surface area is 413 Å². The number of hydrogen-bond acceptors (Lipinski definition) is 5. The van der Waals surface area contributed by atoms with Crippen molar-refractivity contribution in [3.05, 3.63) is 0 Å². The van der Waals surface area contributed by atoms with Gasteiger partial charge in [-0.15, -0.1) is 0 Å². The third kappa shape index (κ3) is 52.2. The van der Waals surface area contributed by atoms with E-state index in [-0.39, 0.29) is 18.5 Å². The molecule has 6 heteroatoms. The summed E-state index contributed by atoms with van der Waals surface area (Å²) in [4.78, 5) is 24.5. The molecule has 66 heavy (non-hydrogen) atoms. The van der Waals surface area contributed by atoms with E-state index in [9.17, 15) is 19.8 Å². The Morgan fingerprint density at radius 3 is 0.924 bits per heavy atom. The zero-order chi connectivity index (χ0) is 47.9. The maximum absolute atomic E-state index is 12.5. The van der Waals surface area contributed by atoms with Crippen molar-refractivity contribution >= 4 is 11.9 Å². The zero-order valence-electron chi connectivity index (χ0n) is 45.0. The Morgan fingerprint density at radius 2 is 0.621 bits per heavy atom. The van der Waals surface area contributed by atoms with E-state index in [1.165, 1.54) is 276 Å². The SMILES string of the molecule is CCCCCCCCCCCCCCCCCCC(O)C(CO)NC(=O)CCCCCCCCCCCCCCCCCCCCCCOC(=O)CCCCCCCCCCCCCCC. The average Bonchev–Trinajstić information content (AvgIpc) is 3.32. The van der Waals surface area contributed by atoms with Crippen LogP contribution in [0.1, 0.15) is 348 Å². The molecule has 0 radical (unpaired) electrons. The summed E-state index contributed by atoms with van der Waals surface area (Å²) in [7, 11) is 0. The normalized spacial score (nSPS) is 12.5. The topological polar surface area (TPSA) is 95.9 Å². The smallest absolute Gasteiger partial charge is 0.305 e. The molecule has 0 aliphatic carbocycles. The summed E-state index contributed by atoms with van der Waals surface area (Å²) in [5.74, 6) is -0.0203. The van der Waals surface area contributed by atoms with Gasteiger partial charge in [-0.1, -0.05) is 309 Å². The van der Waals surface area contributed by atoms with Gasteiger partial charge in [-0.3, -0.25) is 9.59 Å². The Morgan fingerprint density at radius 1 is 0.364 bits per heavy atom. The van der Waals surface area contributed by atoms with Crippen LogP contribution in [-0.4, -0.2) is 47.4 Å². The lowest BCUT2D eigenvalue weighted by atomic mass is 10.0. The molecule has 0 rings (SSSR count). The van der Waals surface area contributed by atoms with Crippen molar-refractivity contribution in [2.24, 2.45) is 0 Å². The van der Waals surface area contributed by atoms with Gasteiger partial charge in [-0.2, -0.15) is 0 Å². The number of esters is 1. The van der Waals surface area contributed by atoms with Crippen LogP contribution in [-0.2, 0) is 14.3 Å². The van der Waals surface area contributed by atoms with Crippen LogP contribution in [0.3, 0.4) is 0 Å². The summed E-state index contributed by atoms with van der Waals surface area (Å²) in [6.45, 7) is 4.98. The van der Waals surface area contributed by atoms with Crippen LogP contribution in [0.5, 0.6) is 0 Å². The van der Waals surface area contributed by atoms with E-state index in [0.29, 0.717) is 25.9 Å². The number of unbranched alkanes of at least 4 members (excludes halogenated alkanes) is 46. The van der Waals surface area contributed by atoms with Gasteiger partial charge in [0, 0.05) is 12.8 Å². The zero-order valence-corrected chi connectivity index (χ0v) is 45.0. The number of nitrogens with one attached hydrogen (secondary N) is 1. The number of aliphatic hydroxyl groups excluding tert-OH is 2. The first kappa shape index (κ1) is 64.9. The van der Waals surface area contributed by atoms with Gasteiger partial charge in [0.05, 0.1) is 25.4 Å². The van der Waals surface area contributed by atoms with Crippen LogP contribution >= 0.6 is 0 Å². The molecule has 0 aromatic heterocycles. The molecule has 0 aliphatic heterocycles. The highest BCUT2D eigenvalue weighted by Crippen LogP contribution is 2.18. The van der Waals surface area contributed by atoms with Gasteiger partial charge in [-0.25, -0.2) is 0 Å². The summed E-state index contributed by atoms with van der Waals surface area (Å²) in [5.41, 5.74) is 0. The van der Waals surface area contributed by atoms with Crippen LogP contribution in [0.15, 0.2) is 0 Å². The van der Waals surface area contributed by atoms with Crippen molar-refractivity contribution in [1.29, 1.82) is 0 Å². The number of amides is 1. The minimum absolute atomic E-state index is 0.0132. The fraction of sp³-hybridized carbons (Fsp3) is 0.967. The molecule has 0 aromatic carbocycles. The van der Waals surface area contributed by atoms with Gasteiger partial charge in [0.1, 0.15) is 0 Å². The maximum Gasteiger partial charge on any atom is 0.305 e. The molecule has 6 nitrogen and oxygen atoms in total. The molecule has 0 spiro atoms. The second-order valence-electron chi connectivity index (χ2n) is 21.1. The lowest BCUT2D eigenvalue weighted by Crippen LogP contribution is -2.45. The lowest BCUT2D eigenvalue weighted by molar-refractivity contribution is -0.143. The summed E-state index contributed by atoms with van der Waals surface area (Å²) < 4.78 is 5.48. The van der Waals surface area contributed by atoms with Gasteiger partial charge in [0.15, 0.2) is 0 Å². The molecule has 0 saturated carbocycles. The van der Waals surface area contributed by atoms with Crippen LogP contribution in [0.25, 0.3) is 0 Å². The fourth-order valence-corrected chi connectivity index (χ4v) is 9.76. The van der Waals surface area contributed by atoms with E-state index in [1.54, 1.807) is 0 Å². The summed E-state index contributed by atoms with van der Waals surface area (Å²) in [6.07, 6.45) is 65.3. The highest BCUT2D eigenvalue weighted by atomic mass is 16.5. The number of carbonyl (C=O) groups is 2. The fourth-order valence-electron chi connectivity index (χ4n) is 9.76. The molecular formula is C60H119NO5. The number of carbonyl (C=O) groups excluding carboxylic acids is 2. The van der Waals surface area contributed by atoms with E-state index >= 15 is 0 Å². The van der Waals surface area contributed by atoms with Gasteiger partial charge in [-0.05, 0) is 25.7 Å². The molecule has 0 fully saturated rings. The molecule has 2 unspecified atom stereocenters. The van der Waals surface area contributed by atoms with Gasteiger partial charge in [0.2, 0.25) is 5.91 Å². The van der Waals surface area contributed by atoms with Gasteiger partial charge in [0.25, 0.3) is 0 Å². The van der Waals surface area contributed by atoms with E-state index < -0.39 is 12.1 Å². The molecule has 0 saturated heterocycles. The van der Waals surface area contributed by atoms with Crippen molar-refractivity contribution < 1.29 is 24.5 Å². The number of hydrogen-bond donors (Lipinski definition) is 3. The number of rotatable bonds is 57. The summed E-state index contributed by atoms with van der Waals surface area (Å²) >= 11 is 0. The highest BCUT2D eigenvalue weighted by Gasteiger charge is 2.20. The van der Waals surface area contributed by atoms with Crippen LogP contribution in [0.2, 0.25) is 0 Å². The molecule has 0 aromatic rings. The standard InChI is InChI=1S/C60H119NO5/c1-3-5-7-9-11-13-15-17-18-25-29-32-36-40-44-48-52-58(63)57(56-62)61-59(64)53-49-45-41-37-33-30-26-23-21-19-20-22-24-27-31-35-39-43-47-51-55-66-60(65)54-50-46-42-38-34-28-16-14-12-10-8-6-4-2/h57-58,62-63H,3-56H2,1-2H3,(H,61,64). The van der Waals surface area contributed by atoms with Crippen molar-refractivity contribution in [2.45, 2.75) is 360 Å². The molecule has 1 amide bonds. The third-order valence-electron chi connectivity index (χ3n) is 14.4. The maximum atomic E-state index is 12.5. The largest absolute Gasteiger partial charge is 0.466 e. The molecule has 3 N–H and O–H groups in total. The van der Waals surface area contributed by atoms with E-state index in [0.717, 1.165) is 38.5 Å². The minimum atomic E-state index is -0.664. The highest BCUT2D eigenvalue weighted by molar-refractivity contribution is 5.76. The van der Waals surface area contributed by atoms with E-state index in [1.807, 2.05) is 0 Å².